The van der Waals surface area contributed by atoms with Gasteiger partial charge >= 0.3 is 11.7 Å². The van der Waals surface area contributed by atoms with E-state index in [1.165, 1.54) is 7.11 Å². The van der Waals surface area contributed by atoms with E-state index in [4.69, 9.17) is 4.74 Å². The van der Waals surface area contributed by atoms with Crippen molar-refractivity contribution in [3.05, 3.63) is 37.9 Å². The van der Waals surface area contributed by atoms with Crippen molar-refractivity contribution in [2.24, 2.45) is 0 Å². The summed E-state index contributed by atoms with van der Waals surface area (Å²) in [6.45, 7) is 0. The topological polar surface area (TPSA) is 122 Å². The fourth-order valence-corrected chi connectivity index (χ4v) is 1.44. The molecule has 0 aliphatic carbocycles. The van der Waals surface area contributed by atoms with Crippen LogP contribution in [0.2, 0.25) is 0 Å². The maximum Gasteiger partial charge on any atom is 0.317 e. The van der Waals surface area contributed by atoms with E-state index in [2.05, 4.69) is 4.74 Å². The summed E-state index contributed by atoms with van der Waals surface area (Å²) in [7, 11) is 2.33. The van der Waals surface area contributed by atoms with Crippen LogP contribution in [-0.2, 0) is 16.0 Å². The number of hydrogen-bond donors (Lipinski definition) is 0. The van der Waals surface area contributed by atoms with Crippen molar-refractivity contribution < 1.29 is 24.1 Å². The normalized spacial score (nSPS) is 9.79. The van der Waals surface area contributed by atoms with E-state index in [1.807, 2.05) is 0 Å². The van der Waals surface area contributed by atoms with E-state index in [9.17, 15) is 25.0 Å². The number of methoxy groups -OCH3 is 2. The third-order valence-electron chi connectivity index (χ3n) is 2.34. The van der Waals surface area contributed by atoms with Crippen LogP contribution in [0.4, 0.5) is 11.4 Å². The molecule has 9 heteroatoms. The number of carbonyl (C=O) groups excluding carboxylic acids is 1. The molecule has 0 saturated heterocycles. The summed E-state index contributed by atoms with van der Waals surface area (Å²) in [5.74, 6) is -0.853. The van der Waals surface area contributed by atoms with Crippen LogP contribution in [0, 0.1) is 20.2 Å². The molecule has 0 aliphatic heterocycles. The largest absolute Gasteiger partial charge is 0.490 e. The van der Waals surface area contributed by atoms with E-state index in [0.717, 1.165) is 19.2 Å². The average Bonchev–Trinajstić information content (AvgIpc) is 2.37. The summed E-state index contributed by atoms with van der Waals surface area (Å²) in [5.41, 5.74) is -1.08. The minimum Gasteiger partial charge on any atom is -0.490 e. The smallest absolute Gasteiger partial charge is 0.317 e. The second-order valence-corrected chi connectivity index (χ2v) is 3.42. The molecule has 0 aliphatic rings. The predicted molar refractivity (Wildman–Crippen MR) is 62.0 cm³/mol. The Bertz CT molecular complexity index is 541. The molecule has 0 atom stereocenters. The lowest BCUT2D eigenvalue weighted by atomic mass is 10.1. The lowest BCUT2D eigenvalue weighted by Crippen LogP contribution is -2.08. The van der Waals surface area contributed by atoms with Gasteiger partial charge in [0.25, 0.3) is 5.69 Å². The molecule has 1 rings (SSSR count). The van der Waals surface area contributed by atoms with Gasteiger partial charge < -0.3 is 9.47 Å². The monoisotopic (exact) mass is 270 g/mol. The zero-order valence-corrected chi connectivity index (χ0v) is 10.1. The number of nitro benzene ring substituents is 2. The summed E-state index contributed by atoms with van der Waals surface area (Å²) in [6.07, 6.45) is -0.374. The Balaban J connectivity index is 3.40. The molecule has 19 heavy (non-hydrogen) atoms. The third-order valence-corrected chi connectivity index (χ3v) is 2.34. The minimum atomic E-state index is -0.801. The molecular weight excluding hydrogens is 260 g/mol. The van der Waals surface area contributed by atoms with Gasteiger partial charge in [-0.2, -0.15) is 0 Å². The Morgan fingerprint density at radius 3 is 2.16 bits per heavy atom. The molecule has 0 N–H and O–H groups in total. The summed E-state index contributed by atoms with van der Waals surface area (Å²) >= 11 is 0. The highest BCUT2D eigenvalue weighted by Crippen LogP contribution is 2.34. The van der Waals surface area contributed by atoms with Gasteiger partial charge in [-0.25, -0.2) is 0 Å². The van der Waals surface area contributed by atoms with Crippen LogP contribution in [0.5, 0.6) is 5.75 Å². The first-order chi connectivity index (χ1) is 8.90. The van der Waals surface area contributed by atoms with Crippen molar-refractivity contribution in [1.29, 1.82) is 0 Å². The van der Waals surface area contributed by atoms with E-state index >= 15 is 0 Å². The molecule has 9 nitrogen and oxygen atoms in total. The van der Waals surface area contributed by atoms with Crippen molar-refractivity contribution in [2.45, 2.75) is 6.42 Å². The molecule has 0 aromatic heterocycles. The highest BCUT2D eigenvalue weighted by molar-refractivity contribution is 5.75. The summed E-state index contributed by atoms with van der Waals surface area (Å²) in [4.78, 5) is 31.2. The van der Waals surface area contributed by atoms with Crippen molar-refractivity contribution in [1.82, 2.24) is 0 Å². The lowest BCUT2D eigenvalue weighted by Gasteiger charge is -2.06. The maximum absolute atomic E-state index is 11.2. The molecule has 1 aromatic rings. The van der Waals surface area contributed by atoms with Crippen molar-refractivity contribution in [3.8, 4) is 5.75 Å². The van der Waals surface area contributed by atoms with Crippen LogP contribution in [-0.4, -0.2) is 30.0 Å². The van der Waals surface area contributed by atoms with Crippen LogP contribution in [0.3, 0.4) is 0 Å². The average molecular weight is 270 g/mol. The predicted octanol–water partition coefficient (Wildman–Crippen LogP) is 1.23. The van der Waals surface area contributed by atoms with Gasteiger partial charge in [0.1, 0.15) is 0 Å². The Hall–Kier alpha value is -2.71. The molecule has 1 aromatic carbocycles. The summed E-state index contributed by atoms with van der Waals surface area (Å²) in [6, 6.07) is 1.85. The molecule has 0 saturated carbocycles. The number of ether oxygens (including phenoxy) is 2. The number of rotatable bonds is 5. The molecule has 0 heterocycles. The molecule has 0 amide bonds. The van der Waals surface area contributed by atoms with Gasteiger partial charge in [0, 0.05) is 5.56 Å². The van der Waals surface area contributed by atoms with Gasteiger partial charge in [-0.3, -0.25) is 25.0 Å². The van der Waals surface area contributed by atoms with E-state index in [1.54, 1.807) is 0 Å². The van der Waals surface area contributed by atoms with Gasteiger partial charge in [0.15, 0.2) is 5.75 Å². The zero-order chi connectivity index (χ0) is 14.6. The lowest BCUT2D eigenvalue weighted by molar-refractivity contribution is -0.395. The Kier molecular flexibility index (Phi) is 4.35. The number of hydrogen-bond acceptors (Lipinski definition) is 7. The molecule has 0 unspecified atom stereocenters. The Labute approximate surface area is 107 Å². The van der Waals surface area contributed by atoms with Gasteiger partial charge in [-0.15, -0.1) is 0 Å². The van der Waals surface area contributed by atoms with Gasteiger partial charge in [-0.1, -0.05) is 0 Å². The quantitative estimate of drug-likeness (QED) is 0.447. The van der Waals surface area contributed by atoms with Crippen LogP contribution < -0.4 is 4.74 Å². The zero-order valence-electron chi connectivity index (χ0n) is 10.1. The second-order valence-electron chi connectivity index (χ2n) is 3.42. The molecule has 0 spiro atoms. The van der Waals surface area contributed by atoms with Crippen LogP contribution in [0.25, 0.3) is 0 Å². The third kappa shape index (κ3) is 3.15. The van der Waals surface area contributed by atoms with Crippen molar-refractivity contribution >= 4 is 17.3 Å². The SMILES string of the molecule is COC(=O)Cc1cc(OC)c([N+](=O)[O-])cc1[N+](=O)[O-]. The first kappa shape index (κ1) is 14.4. The fraction of sp³-hybridized carbons (Fsp3) is 0.300. The first-order valence-electron chi connectivity index (χ1n) is 4.97. The van der Waals surface area contributed by atoms with Crippen LogP contribution in [0.1, 0.15) is 5.56 Å². The minimum absolute atomic E-state index is 0.0145. The van der Waals surface area contributed by atoms with Crippen LogP contribution in [0.15, 0.2) is 12.1 Å². The fourth-order valence-electron chi connectivity index (χ4n) is 1.44. The molecule has 0 fully saturated rings. The highest BCUT2D eigenvalue weighted by atomic mass is 16.6. The summed E-state index contributed by atoms with van der Waals surface area (Å²) in [5, 5.41) is 21.6. The Morgan fingerprint density at radius 2 is 1.74 bits per heavy atom. The molecule has 0 radical (unpaired) electrons. The standard InChI is InChI=1S/C10H10N2O7/c1-18-9-3-6(4-10(13)19-2)7(11(14)15)5-8(9)12(16)17/h3,5H,4H2,1-2H3. The van der Waals surface area contributed by atoms with Gasteiger partial charge in [-0.05, 0) is 6.07 Å². The van der Waals surface area contributed by atoms with E-state index in [-0.39, 0.29) is 17.7 Å². The number of carbonyl (C=O) groups is 1. The second kappa shape index (κ2) is 5.76. The van der Waals surface area contributed by atoms with Gasteiger partial charge in [0.05, 0.1) is 36.6 Å². The van der Waals surface area contributed by atoms with Crippen LogP contribution >= 0.6 is 0 Å². The number of benzene rings is 1. The molecule has 0 bridgehead atoms. The molecule has 102 valence electrons. The maximum atomic E-state index is 11.2. The van der Waals surface area contributed by atoms with E-state index in [0.29, 0.717) is 0 Å². The molecular formula is C10H10N2O7. The number of esters is 1. The first-order valence-corrected chi connectivity index (χ1v) is 4.97. The Morgan fingerprint density at radius 1 is 1.16 bits per heavy atom. The van der Waals surface area contributed by atoms with Crippen molar-refractivity contribution in [3.63, 3.8) is 0 Å². The summed E-state index contributed by atoms with van der Waals surface area (Å²) < 4.78 is 9.18. The number of nitro groups is 2. The number of nitrogens with zero attached hydrogens (tertiary/aromatic N) is 2. The highest BCUT2D eigenvalue weighted by Gasteiger charge is 2.26. The van der Waals surface area contributed by atoms with Gasteiger partial charge in [0.2, 0.25) is 0 Å². The van der Waals surface area contributed by atoms with Crippen molar-refractivity contribution in [2.75, 3.05) is 14.2 Å². The van der Waals surface area contributed by atoms with E-state index < -0.39 is 27.2 Å².